The van der Waals surface area contributed by atoms with Crippen LogP contribution in [0.1, 0.15) is 105 Å². The third kappa shape index (κ3) is 7.83. The first-order chi connectivity index (χ1) is 30.0. The number of anilines is 1. The van der Waals surface area contributed by atoms with E-state index in [9.17, 15) is 9.90 Å². The maximum absolute atomic E-state index is 16.2. The van der Waals surface area contributed by atoms with E-state index in [4.69, 9.17) is 23.2 Å². The number of hydrogen-bond donors (Lipinski definition) is 1. The van der Waals surface area contributed by atoms with Crippen molar-refractivity contribution in [2.24, 2.45) is 11.8 Å². The summed E-state index contributed by atoms with van der Waals surface area (Å²) < 4.78 is 31.7. The topological polar surface area (TPSA) is 144 Å². The standard InChI is InChI=1S/C50H64N4O9Si/c1-48(2,3)61-47(58)60-42-33-24-30(27-54-22-16-17-23-54)20-21-32(33)39(52(7)8)34-25-31-26-35-40(53(9)10)43-38(46(51-62-43)59-28-29-18-14-13-15-19-29)45(57)50(35,63-64(11,12)49(4,5)6)44(56)36(31)41(55)37(34)42/h13-15,18-21,24,31,35,40,55H,16-17,22-23,25-28H2,1-12H3/t31-,35-,40-,50-/m0/s1. The first-order valence-corrected chi connectivity index (χ1v) is 25.4. The number of Topliss-reactive ketones (excluding diaryl/α,β-unsaturated/α-hetero) is 2. The number of benzene rings is 3. The van der Waals surface area contributed by atoms with Gasteiger partial charge in [0.05, 0.1) is 11.6 Å². The van der Waals surface area contributed by atoms with E-state index in [0.29, 0.717) is 24.1 Å². The van der Waals surface area contributed by atoms with E-state index in [2.05, 4.69) is 43.0 Å². The molecule has 3 aromatic carbocycles. The van der Waals surface area contributed by atoms with Gasteiger partial charge in [-0.05, 0) is 126 Å². The maximum atomic E-state index is 16.2. The first-order valence-electron chi connectivity index (χ1n) is 22.5. The molecule has 4 atom stereocenters. The summed E-state index contributed by atoms with van der Waals surface area (Å²) in [5.74, 6) is -2.44. The third-order valence-electron chi connectivity index (χ3n) is 13.9. The average molecular weight is 893 g/mol. The van der Waals surface area contributed by atoms with E-state index in [0.717, 1.165) is 53.7 Å². The highest BCUT2D eigenvalue weighted by Gasteiger charge is 2.69. The number of aliphatic hydroxyl groups is 1. The molecule has 2 heterocycles. The molecule has 1 saturated carbocycles. The zero-order valence-corrected chi connectivity index (χ0v) is 40.5. The zero-order valence-electron chi connectivity index (χ0n) is 39.5. The number of carbonyl (C=O) groups is 3. The number of likely N-dealkylation sites (tertiary alicyclic amines) is 1. The quantitative estimate of drug-likeness (QED) is 0.0699. The largest absolute Gasteiger partial charge is 0.514 e. The summed E-state index contributed by atoms with van der Waals surface area (Å²) in [7, 11) is 4.70. The molecule has 64 heavy (non-hydrogen) atoms. The summed E-state index contributed by atoms with van der Waals surface area (Å²) in [4.78, 5) is 52.1. The lowest BCUT2D eigenvalue weighted by Gasteiger charge is -2.55. The number of ether oxygens (including phenoxy) is 3. The summed E-state index contributed by atoms with van der Waals surface area (Å²) in [5, 5.41) is 18.4. The van der Waals surface area contributed by atoms with Gasteiger partial charge < -0.3 is 33.2 Å². The second-order valence-corrected chi connectivity index (χ2v) is 25.8. The third-order valence-corrected chi connectivity index (χ3v) is 18.4. The van der Waals surface area contributed by atoms with E-state index >= 15 is 9.59 Å². The van der Waals surface area contributed by atoms with Crippen molar-refractivity contribution in [2.75, 3.05) is 46.2 Å². The molecule has 0 radical (unpaired) electrons. The van der Waals surface area contributed by atoms with Crippen molar-refractivity contribution in [3.63, 3.8) is 0 Å². The minimum Gasteiger partial charge on any atom is -0.507 e. The molecule has 13 nitrogen and oxygen atoms in total. The molecule has 4 aromatic rings. The number of nitrogens with zero attached hydrogens (tertiary/aromatic N) is 4. The molecular formula is C50H64N4O9Si. The second kappa shape index (κ2) is 16.4. The van der Waals surface area contributed by atoms with Gasteiger partial charge in [-0.1, -0.05) is 63.2 Å². The predicted octanol–water partition coefficient (Wildman–Crippen LogP) is 9.67. The number of fused-ring (bicyclic) bond motifs is 5. The zero-order chi connectivity index (χ0) is 46.3. The summed E-state index contributed by atoms with van der Waals surface area (Å²) in [5.41, 5.74) is 0.842. The number of ketones is 2. The Balaban J connectivity index is 1.37. The van der Waals surface area contributed by atoms with Crippen LogP contribution in [0.2, 0.25) is 18.1 Å². The minimum atomic E-state index is -2.99. The molecule has 1 saturated heterocycles. The van der Waals surface area contributed by atoms with Crippen LogP contribution in [0.5, 0.6) is 11.6 Å². The van der Waals surface area contributed by atoms with Gasteiger partial charge in [0, 0.05) is 48.6 Å². The van der Waals surface area contributed by atoms with Crippen LogP contribution in [0.3, 0.4) is 0 Å². The highest BCUT2D eigenvalue weighted by atomic mass is 28.4. The molecular weight excluding hydrogens is 829 g/mol. The van der Waals surface area contributed by atoms with Crippen LogP contribution in [0.4, 0.5) is 10.5 Å². The maximum Gasteiger partial charge on any atom is 0.514 e. The molecule has 1 N–H and O–H groups in total. The SMILES string of the molecule is CN(C)c1c2c(c(OC(=O)OC(C)(C)C)c3cc(CN4CCCC4)ccc13)C(O)=C1C(=O)[C@]3(O[Si](C)(C)C(C)(C)C)C(=O)c4c(OCc5ccccc5)noc4[C@@H](N(C)C)[C@@H]3C[C@@H]1C2. The Bertz CT molecular complexity index is 2530. The molecule has 0 amide bonds. The van der Waals surface area contributed by atoms with Gasteiger partial charge in [0.25, 0.3) is 5.88 Å². The number of hydrogen-bond acceptors (Lipinski definition) is 13. The fraction of sp³-hybridized carbons (Fsp3) is 0.520. The smallest absolute Gasteiger partial charge is 0.507 e. The normalized spacial score (nSPS) is 22.6. The lowest BCUT2D eigenvalue weighted by Crippen LogP contribution is -2.68. The van der Waals surface area contributed by atoms with Crippen molar-refractivity contribution < 1.29 is 42.6 Å². The predicted molar refractivity (Wildman–Crippen MR) is 249 cm³/mol. The Morgan fingerprint density at radius 3 is 2.25 bits per heavy atom. The average Bonchev–Trinajstić information content (AvgIpc) is 3.87. The summed E-state index contributed by atoms with van der Waals surface area (Å²) in [6.45, 7) is 18.3. The van der Waals surface area contributed by atoms with Crippen LogP contribution < -0.4 is 14.4 Å². The Morgan fingerprint density at radius 2 is 1.62 bits per heavy atom. The monoisotopic (exact) mass is 892 g/mol. The van der Waals surface area contributed by atoms with E-state index in [-0.39, 0.29) is 47.1 Å². The van der Waals surface area contributed by atoms with Gasteiger partial charge in [0.2, 0.25) is 11.6 Å². The van der Waals surface area contributed by atoms with Gasteiger partial charge in [0.15, 0.2) is 25.4 Å². The lowest BCUT2D eigenvalue weighted by atomic mass is 9.57. The van der Waals surface area contributed by atoms with Gasteiger partial charge in [-0.15, -0.1) is 0 Å². The Morgan fingerprint density at radius 1 is 0.938 bits per heavy atom. The summed E-state index contributed by atoms with van der Waals surface area (Å²) >= 11 is 0. The number of rotatable bonds is 10. The minimum absolute atomic E-state index is 0.0191. The molecule has 2 fully saturated rings. The second-order valence-electron chi connectivity index (χ2n) is 21.0. The van der Waals surface area contributed by atoms with Crippen molar-refractivity contribution in [1.82, 2.24) is 15.0 Å². The lowest BCUT2D eigenvalue weighted by molar-refractivity contribution is -0.140. The fourth-order valence-electron chi connectivity index (χ4n) is 10.1. The van der Waals surface area contributed by atoms with Crippen LogP contribution in [-0.4, -0.2) is 98.6 Å². The van der Waals surface area contributed by atoms with Crippen LogP contribution in [-0.2, 0) is 33.5 Å². The summed E-state index contributed by atoms with van der Waals surface area (Å²) in [6, 6.07) is 15.1. The number of aromatic nitrogens is 1. The molecule has 1 aliphatic heterocycles. The first kappa shape index (κ1) is 45.5. The highest BCUT2D eigenvalue weighted by molar-refractivity contribution is 6.74. The molecule has 0 unspecified atom stereocenters. The van der Waals surface area contributed by atoms with Crippen molar-refractivity contribution in [1.29, 1.82) is 0 Å². The molecule has 3 aliphatic carbocycles. The molecule has 8 rings (SSSR count). The Labute approximate surface area is 377 Å². The van der Waals surface area contributed by atoms with E-state index in [1.54, 1.807) is 20.8 Å². The van der Waals surface area contributed by atoms with Gasteiger partial charge in [-0.2, -0.15) is 0 Å². The van der Waals surface area contributed by atoms with Crippen molar-refractivity contribution >= 4 is 48.3 Å². The van der Waals surface area contributed by atoms with Gasteiger partial charge in [-0.3, -0.25) is 19.4 Å². The fourth-order valence-corrected chi connectivity index (χ4v) is 11.5. The molecule has 1 aromatic heterocycles. The summed E-state index contributed by atoms with van der Waals surface area (Å²) in [6.07, 6.45) is 1.92. The Hall–Kier alpha value is -5.02. The van der Waals surface area contributed by atoms with Crippen LogP contribution in [0, 0.1) is 11.8 Å². The van der Waals surface area contributed by atoms with Gasteiger partial charge in [0.1, 0.15) is 23.5 Å². The molecule has 4 aliphatic rings. The molecule has 0 spiro atoms. The van der Waals surface area contributed by atoms with Crippen LogP contribution in [0.25, 0.3) is 16.5 Å². The van der Waals surface area contributed by atoms with Crippen molar-refractivity contribution in [2.45, 2.75) is 116 Å². The van der Waals surface area contributed by atoms with E-state index in [1.807, 2.05) is 87.5 Å². The highest BCUT2D eigenvalue weighted by Crippen LogP contribution is 2.60. The van der Waals surface area contributed by atoms with Gasteiger partial charge in [-0.25, -0.2) is 4.79 Å². The van der Waals surface area contributed by atoms with Crippen LogP contribution in [0.15, 0.2) is 58.6 Å². The molecule has 0 bridgehead atoms. The van der Waals surface area contributed by atoms with E-state index in [1.165, 1.54) is 0 Å². The number of carbonyl (C=O) groups excluding carboxylic acids is 3. The van der Waals surface area contributed by atoms with Gasteiger partial charge >= 0.3 is 6.16 Å². The molecule has 342 valence electrons. The Kier molecular flexibility index (Phi) is 11.7. The van der Waals surface area contributed by atoms with Crippen molar-refractivity contribution in [3.8, 4) is 11.6 Å². The van der Waals surface area contributed by atoms with Crippen LogP contribution >= 0.6 is 0 Å². The van der Waals surface area contributed by atoms with Crippen molar-refractivity contribution in [3.05, 3.63) is 87.7 Å². The number of aliphatic hydroxyl groups excluding tert-OH is 1. The molecule has 14 heteroatoms. The van der Waals surface area contributed by atoms with E-state index < -0.39 is 60.2 Å².